The third-order valence-corrected chi connectivity index (χ3v) is 7.76. The van der Waals surface area contributed by atoms with Gasteiger partial charge in [0.05, 0.1) is 22.8 Å². The standard InChI is InChI=1S/C27H27Cl2N5/c28-21-8-11-34(24(17-21)23-7-1-4-19-5-2-9-30-26(19)23)33-14-12-32(13-15-33)25-18-22(29)16-20-6-3-10-31-27(20)25/h1-7,9-10,16,18,21,24H,8,11-15,17H2. The molecular weight excluding hydrogens is 465 g/mol. The van der Waals surface area contributed by atoms with Crippen LogP contribution >= 0.6 is 23.2 Å². The summed E-state index contributed by atoms with van der Waals surface area (Å²) >= 11 is 13.1. The van der Waals surface area contributed by atoms with Crippen LogP contribution in [0, 0.1) is 0 Å². The maximum atomic E-state index is 6.70. The molecule has 2 atom stereocenters. The van der Waals surface area contributed by atoms with Crippen molar-refractivity contribution in [2.24, 2.45) is 0 Å². The van der Waals surface area contributed by atoms with Gasteiger partial charge in [0.25, 0.3) is 0 Å². The summed E-state index contributed by atoms with van der Waals surface area (Å²) in [5.41, 5.74) is 4.50. The summed E-state index contributed by atoms with van der Waals surface area (Å²) in [6.07, 6.45) is 5.67. The lowest BCUT2D eigenvalue weighted by molar-refractivity contribution is -0.0815. The van der Waals surface area contributed by atoms with Gasteiger partial charge in [-0.05, 0) is 42.7 Å². The number of para-hydroxylation sites is 1. The van der Waals surface area contributed by atoms with Gasteiger partial charge in [0.1, 0.15) is 0 Å². The van der Waals surface area contributed by atoms with E-state index < -0.39 is 0 Å². The van der Waals surface area contributed by atoms with Gasteiger partial charge in [-0.1, -0.05) is 41.9 Å². The zero-order valence-electron chi connectivity index (χ0n) is 18.9. The Bertz CT molecular complexity index is 1320. The number of anilines is 1. The van der Waals surface area contributed by atoms with Crippen molar-refractivity contribution in [1.29, 1.82) is 0 Å². The zero-order chi connectivity index (χ0) is 23.1. The van der Waals surface area contributed by atoms with Crippen molar-refractivity contribution < 1.29 is 0 Å². The monoisotopic (exact) mass is 491 g/mol. The van der Waals surface area contributed by atoms with Crippen LogP contribution < -0.4 is 4.90 Å². The van der Waals surface area contributed by atoms with Gasteiger partial charge in [-0.3, -0.25) is 9.97 Å². The molecule has 0 amide bonds. The first-order chi connectivity index (χ1) is 16.7. The number of piperidine rings is 1. The van der Waals surface area contributed by atoms with Crippen molar-refractivity contribution in [1.82, 2.24) is 20.0 Å². The molecule has 2 fully saturated rings. The number of alkyl halides is 1. The normalized spacial score (nSPS) is 22.5. The SMILES string of the molecule is Clc1cc(N2CCN(N3CCC(Cl)CC3c3cccc4cccnc34)CC2)c2ncccc2c1. The fourth-order valence-corrected chi connectivity index (χ4v) is 5.99. The largest absolute Gasteiger partial charge is 0.367 e. The number of hydrogen-bond acceptors (Lipinski definition) is 5. The first-order valence-electron chi connectivity index (χ1n) is 12.0. The summed E-state index contributed by atoms with van der Waals surface area (Å²) in [4.78, 5) is 11.8. The number of benzene rings is 2. The average molecular weight is 492 g/mol. The van der Waals surface area contributed by atoms with Crippen LogP contribution in [0.2, 0.25) is 5.02 Å². The summed E-state index contributed by atoms with van der Waals surface area (Å²) in [5, 5.41) is 8.28. The predicted molar refractivity (Wildman–Crippen MR) is 141 cm³/mol. The van der Waals surface area contributed by atoms with Gasteiger partial charge >= 0.3 is 0 Å². The Kier molecular flexibility index (Phi) is 6.04. The summed E-state index contributed by atoms with van der Waals surface area (Å²) in [7, 11) is 0. The molecule has 2 aromatic carbocycles. The highest BCUT2D eigenvalue weighted by atomic mass is 35.5. The van der Waals surface area contributed by atoms with E-state index in [1.165, 1.54) is 10.9 Å². The van der Waals surface area contributed by atoms with Crippen molar-refractivity contribution in [3.8, 4) is 0 Å². The lowest BCUT2D eigenvalue weighted by Gasteiger charge is -2.48. The smallest absolute Gasteiger partial charge is 0.0936 e. The molecule has 0 aliphatic carbocycles. The van der Waals surface area contributed by atoms with Gasteiger partial charge in [0.15, 0.2) is 0 Å². The third kappa shape index (κ3) is 4.11. The molecule has 5 nitrogen and oxygen atoms in total. The van der Waals surface area contributed by atoms with E-state index in [2.05, 4.69) is 56.3 Å². The minimum absolute atomic E-state index is 0.186. The molecule has 0 bridgehead atoms. The molecule has 2 aliphatic heterocycles. The maximum Gasteiger partial charge on any atom is 0.0936 e. The van der Waals surface area contributed by atoms with Gasteiger partial charge in [-0.2, -0.15) is 0 Å². The lowest BCUT2D eigenvalue weighted by Crippen LogP contribution is -2.56. The minimum Gasteiger partial charge on any atom is -0.367 e. The van der Waals surface area contributed by atoms with E-state index in [-0.39, 0.29) is 11.4 Å². The fourth-order valence-electron chi connectivity index (χ4n) is 5.50. The van der Waals surface area contributed by atoms with E-state index in [0.717, 1.165) is 72.7 Å². The molecule has 174 valence electrons. The molecule has 0 saturated carbocycles. The second kappa shape index (κ2) is 9.31. The van der Waals surface area contributed by atoms with Crippen LogP contribution in [-0.4, -0.2) is 58.1 Å². The predicted octanol–water partition coefficient (Wildman–Crippen LogP) is 5.92. The Morgan fingerprint density at radius 2 is 1.53 bits per heavy atom. The number of piperazine rings is 1. The molecular formula is C27H27Cl2N5. The molecule has 6 rings (SSSR count). The Balaban J connectivity index is 1.26. The van der Waals surface area contributed by atoms with Crippen molar-refractivity contribution >= 4 is 50.7 Å². The number of fused-ring (bicyclic) bond motifs is 2. The van der Waals surface area contributed by atoms with Gasteiger partial charge in [0, 0.05) is 66.3 Å². The molecule has 0 spiro atoms. The topological polar surface area (TPSA) is 35.5 Å². The molecule has 0 radical (unpaired) electrons. The second-order valence-corrected chi connectivity index (χ2v) is 10.2. The Hall–Kier alpha value is -2.44. The third-order valence-electron chi connectivity index (χ3n) is 7.14. The second-order valence-electron chi connectivity index (χ2n) is 9.16. The van der Waals surface area contributed by atoms with E-state index in [9.17, 15) is 0 Å². The minimum atomic E-state index is 0.186. The number of aromatic nitrogens is 2. The molecule has 2 saturated heterocycles. The fraction of sp³-hybridized carbons (Fsp3) is 0.333. The molecule has 7 heteroatoms. The van der Waals surface area contributed by atoms with Gasteiger partial charge in [-0.25, -0.2) is 10.0 Å². The first-order valence-corrected chi connectivity index (χ1v) is 12.8. The van der Waals surface area contributed by atoms with Crippen LogP contribution in [0.3, 0.4) is 0 Å². The van der Waals surface area contributed by atoms with E-state index in [0.29, 0.717) is 0 Å². The van der Waals surface area contributed by atoms with Crippen LogP contribution in [0.5, 0.6) is 0 Å². The van der Waals surface area contributed by atoms with Gasteiger partial charge in [-0.15, -0.1) is 11.6 Å². The molecule has 34 heavy (non-hydrogen) atoms. The summed E-state index contributed by atoms with van der Waals surface area (Å²) in [6, 6.07) is 19.0. The Morgan fingerprint density at radius 1 is 0.794 bits per heavy atom. The van der Waals surface area contributed by atoms with E-state index in [1.54, 1.807) is 0 Å². The van der Waals surface area contributed by atoms with E-state index in [4.69, 9.17) is 28.2 Å². The molecule has 2 aliphatic rings. The summed E-state index contributed by atoms with van der Waals surface area (Å²) in [5.74, 6) is 0. The van der Waals surface area contributed by atoms with Crippen molar-refractivity contribution in [3.05, 3.63) is 77.6 Å². The van der Waals surface area contributed by atoms with E-state index in [1.807, 2.05) is 30.6 Å². The van der Waals surface area contributed by atoms with Crippen LogP contribution in [0.4, 0.5) is 5.69 Å². The number of hydrogen-bond donors (Lipinski definition) is 0. The van der Waals surface area contributed by atoms with E-state index >= 15 is 0 Å². The van der Waals surface area contributed by atoms with Crippen LogP contribution in [0.15, 0.2) is 67.0 Å². The summed E-state index contributed by atoms with van der Waals surface area (Å²) < 4.78 is 0. The summed E-state index contributed by atoms with van der Waals surface area (Å²) in [6.45, 7) is 4.70. The highest BCUT2D eigenvalue weighted by Gasteiger charge is 2.35. The highest BCUT2D eigenvalue weighted by molar-refractivity contribution is 6.31. The zero-order valence-corrected chi connectivity index (χ0v) is 20.5. The Morgan fingerprint density at radius 3 is 2.35 bits per heavy atom. The molecule has 2 unspecified atom stereocenters. The quantitative estimate of drug-likeness (QED) is 0.332. The van der Waals surface area contributed by atoms with Crippen molar-refractivity contribution in [2.45, 2.75) is 24.3 Å². The van der Waals surface area contributed by atoms with Gasteiger partial charge < -0.3 is 4.90 Å². The van der Waals surface area contributed by atoms with Gasteiger partial charge in [0.2, 0.25) is 0 Å². The Labute approximate surface area is 209 Å². The van der Waals surface area contributed by atoms with Crippen LogP contribution in [0.25, 0.3) is 21.8 Å². The average Bonchev–Trinajstić information content (AvgIpc) is 2.88. The number of halogens is 2. The van der Waals surface area contributed by atoms with Crippen molar-refractivity contribution in [3.63, 3.8) is 0 Å². The number of hydrazine groups is 1. The van der Waals surface area contributed by atoms with Crippen LogP contribution in [-0.2, 0) is 0 Å². The lowest BCUT2D eigenvalue weighted by atomic mass is 9.94. The molecule has 4 heterocycles. The molecule has 2 aromatic heterocycles. The number of pyridine rings is 2. The van der Waals surface area contributed by atoms with Crippen LogP contribution in [0.1, 0.15) is 24.4 Å². The molecule has 4 aromatic rings. The van der Waals surface area contributed by atoms with Crippen molar-refractivity contribution in [2.75, 3.05) is 37.6 Å². The first kappa shape index (κ1) is 22.1. The number of rotatable bonds is 3. The highest BCUT2D eigenvalue weighted by Crippen LogP contribution is 2.38. The number of nitrogens with zero attached hydrogens (tertiary/aromatic N) is 5. The maximum absolute atomic E-state index is 6.70. The molecule has 0 N–H and O–H groups in total.